The second-order valence-electron chi connectivity index (χ2n) is 8.42. The second-order valence-corrected chi connectivity index (χ2v) is 8.42. The van der Waals surface area contributed by atoms with Crippen LogP contribution in [-0.2, 0) is 6.18 Å². The van der Waals surface area contributed by atoms with Crippen molar-refractivity contribution < 1.29 is 17.6 Å². The normalized spacial score (nSPS) is 29.0. The first kappa shape index (κ1) is 21.6. The van der Waals surface area contributed by atoms with Gasteiger partial charge in [-0.2, -0.15) is 22.8 Å². The molecule has 1 aromatic rings. The van der Waals surface area contributed by atoms with Crippen LogP contribution in [0.25, 0.3) is 0 Å². The maximum atomic E-state index is 12.8. The minimum atomic E-state index is -4.27. The Bertz CT molecular complexity index is 754. The second kappa shape index (κ2) is 9.61. The Kier molecular flexibility index (Phi) is 7.16. The third kappa shape index (κ3) is 5.95. The SMILES string of the molecule is N#C/C(F)=C/C=C/C1CCC(C2CCC(c3ccc(C(F)(F)F)cc3)CC2)CC1. The van der Waals surface area contributed by atoms with Crippen LogP contribution in [0.1, 0.15) is 68.4 Å². The van der Waals surface area contributed by atoms with Crippen molar-refractivity contribution in [3.63, 3.8) is 0 Å². The molecule has 1 nitrogen and oxygen atoms in total. The van der Waals surface area contributed by atoms with Crippen LogP contribution >= 0.6 is 0 Å². The highest BCUT2D eigenvalue weighted by molar-refractivity contribution is 5.27. The fourth-order valence-corrected chi connectivity index (χ4v) is 5.01. The van der Waals surface area contributed by atoms with Gasteiger partial charge in [0.15, 0.2) is 5.83 Å². The minimum absolute atomic E-state index is 0.370. The number of rotatable bonds is 4. The standard InChI is InChI=1S/C24H27F4N/c25-23(16-29)3-1-2-17-4-6-18(7-5-17)19-8-10-20(11-9-19)21-12-14-22(15-13-21)24(26,27)28/h1-3,12-15,17-20H,4-11H2/b2-1+,23-3-. The molecule has 2 aliphatic rings. The molecule has 2 fully saturated rings. The minimum Gasteiger partial charge on any atom is -0.195 e. The van der Waals surface area contributed by atoms with Gasteiger partial charge in [-0.1, -0.05) is 24.3 Å². The molecule has 3 rings (SSSR count). The molecule has 0 amide bonds. The molecule has 0 heterocycles. The van der Waals surface area contributed by atoms with Crippen molar-refractivity contribution in [2.24, 2.45) is 17.8 Å². The van der Waals surface area contributed by atoms with E-state index in [1.165, 1.54) is 37.1 Å². The third-order valence-corrected chi connectivity index (χ3v) is 6.70. The van der Waals surface area contributed by atoms with Crippen molar-refractivity contribution in [3.05, 3.63) is 59.4 Å². The van der Waals surface area contributed by atoms with Gasteiger partial charge in [-0.15, -0.1) is 0 Å². The summed E-state index contributed by atoms with van der Waals surface area (Å²) in [6, 6.07) is 7.17. The summed E-state index contributed by atoms with van der Waals surface area (Å²) in [5.74, 6) is 1.49. The Hall–Kier alpha value is -2.09. The van der Waals surface area contributed by atoms with Crippen LogP contribution in [0.5, 0.6) is 0 Å². The van der Waals surface area contributed by atoms with Crippen LogP contribution in [0.4, 0.5) is 17.6 Å². The summed E-state index contributed by atoms with van der Waals surface area (Å²) in [4.78, 5) is 0. The predicted octanol–water partition coefficient (Wildman–Crippen LogP) is 7.72. The van der Waals surface area contributed by atoms with Gasteiger partial charge in [-0.3, -0.25) is 0 Å². The first-order valence-electron chi connectivity index (χ1n) is 10.5. The largest absolute Gasteiger partial charge is 0.416 e. The summed E-state index contributed by atoms with van der Waals surface area (Å²) in [7, 11) is 0. The van der Waals surface area contributed by atoms with E-state index in [1.807, 2.05) is 6.08 Å². The molecule has 29 heavy (non-hydrogen) atoms. The van der Waals surface area contributed by atoms with Gasteiger partial charge in [-0.25, -0.2) is 0 Å². The van der Waals surface area contributed by atoms with E-state index in [4.69, 9.17) is 5.26 Å². The van der Waals surface area contributed by atoms with Crippen LogP contribution in [0.2, 0.25) is 0 Å². The van der Waals surface area contributed by atoms with Crippen molar-refractivity contribution in [1.29, 1.82) is 5.26 Å². The van der Waals surface area contributed by atoms with Crippen LogP contribution in [-0.4, -0.2) is 0 Å². The zero-order valence-corrected chi connectivity index (χ0v) is 16.5. The summed E-state index contributed by atoms with van der Waals surface area (Å²) < 4.78 is 51.0. The number of alkyl halides is 3. The number of benzene rings is 1. The molecule has 2 saturated carbocycles. The van der Waals surface area contributed by atoms with Crippen LogP contribution in [0.3, 0.4) is 0 Å². The molecule has 0 spiro atoms. The van der Waals surface area contributed by atoms with Gasteiger partial charge in [0.25, 0.3) is 0 Å². The van der Waals surface area contributed by atoms with E-state index in [-0.39, 0.29) is 0 Å². The molecular weight excluding hydrogens is 378 g/mol. The Morgan fingerprint density at radius 3 is 1.97 bits per heavy atom. The van der Waals surface area contributed by atoms with Gasteiger partial charge in [0.05, 0.1) is 5.56 Å². The lowest BCUT2D eigenvalue weighted by molar-refractivity contribution is -0.137. The number of nitrogens with zero attached hydrogens (tertiary/aromatic N) is 1. The van der Waals surface area contributed by atoms with Gasteiger partial charge >= 0.3 is 6.18 Å². The third-order valence-electron chi connectivity index (χ3n) is 6.70. The first-order chi connectivity index (χ1) is 13.9. The average Bonchev–Trinajstić information content (AvgIpc) is 2.74. The topological polar surface area (TPSA) is 23.8 Å². The number of halogens is 4. The molecule has 0 unspecified atom stereocenters. The Labute approximate surface area is 170 Å². The van der Waals surface area contributed by atoms with E-state index in [0.29, 0.717) is 17.8 Å². The van der Waals surface area contributed by atoms with Crippen LogP contribution in [0.15, 0.2) is 48.3 Å². The molecule has 2 aliphatic carbocycles. The number of hydrogen-bond acceptors (Lipinski definition) is 1. The van der Waals surface area contributed by atoms with E-state index < -0.39 is 17.6 Å². The summed E-state index contributed by atoms with van der Waals surface area (Å²) >= 11 is 0. The van der Waals surface area contributed by atoms with E-state index in [9.17, 15) is 17.6 Å². The lowest BCUT2D eigenvalue weighted by atomic mass is 9.68. The molecule has 0 atom stereocenters. The molecule has 0 saturated heterocycles. The summed E-state index contributed by atoms with van der Waals surface area (Å²) in [6.45, 7) is 0. The Morgan fingerprint density at radius 2 is 1.45 bits per heavy atom. The van der Waals surface area contributed by atoms with Crippen LogP contribution in [0, 0.1) is 29.1 Å². The number of allylic oxidation sites excluding steroid dienone is 4. The van der Waals surface area contributed by atoms with Crippen molar-refractivity contribution in [3.8, 4) is 6.07 Å². The summed E-state index contributed by atoms with van der Waals surface area (Å²) in [5.41, 5.74) is 0.453. The van der Waals surface area contributed by atoms with Gasteiger partial charge in [0.2, 0.25) is 0 Å². The molecule has 0 radical (unpaired) electrons. The number of hydrogen-bond donors (Lipinski definition) is 0. The average molecular weight is 405 g/mol. The van der Waals surface area contributed by atoms with Crippen molar-refractivity contribution in [1.82, 2.24) is 0 Å². The van der Waals surface area contributed by atoms with Crippen LogP contribution < -0.4 is 0 Å². The highest BCUT2D eigenvalue weighted by Gasteiger charge is 2.32. The molecule has 0 aromatic heterocycles. The Morgan fingerprint density at radius 1 is 0.897 bits per heavy atom. The summed E-state index contributed by atoms with van der Waals surface area (Å²) in [6.07, 6.45) is 9.54. The van der Waals surface area contributed by atoms with Crippen molar-refractivity contribution >= 4 is 0 Å². The quantitative estimate of drug-likeness (QED) is 0.286. The lowest BCUT2D eigenvalue weighted by Gasteiger charge is -2.37. The molecule has 0 bridgehead atoms. The fourth-order valence-electron chi connectivity index (χ4n) is 5.01. The molecule has 1 aromatic carbocycles. The van der Waals surface area contributed by atoms with Gasteiger partial charge in [0, 0.05) is 0 Å². The first-order valence-corrected chi connectivity index (χ1v) is 10.5. The van der Waals surface area contributed by atoms with E-state index in [1.54, 1.807) is 18.2 Å². The van der Waals surface area contributed by atoms with Gasteiger partial charge in [0.1, 0.15) is 6.07 Å². The number of nitriles is 1. The zero-order valence-electron chi connectivity index (χ0n) is 16.5. The van der Waals surface area contributed by atoms with E-state index >= 15 is 0 Å². The molecule has 5 heteroatoms. The van der Waals surface area contributed by atoms with E-state index in [2.05, 4.69) is 0 Å². The molecule has 156 valence electrons. The molecule has 0 N–H and O–H groups in total. The fraction of sp³-hybridized carbons (Fsp3) is 0.542. The smallest absolute Gasteiger partial charge is 0.195 e. The van der Waals surface area contributed by atoms with E-state index in [0.717, 1.165) is 50.0 Å². The molecule has 0 aliphatic heterocycles. The predicted molar refractivity (Wildman–Crippen MR) is 106 cm³/mol. The van der Waals surface area contributed by atoms with Gasteiger partial charge in [-0.05, 0) is 98.8 Å². The lowest BCUT2D eigenvalue weighted by Crippen LogP contribution is -2.25. The van der Waals surface area contributed by atoms with Crippen molar-refractivity contribution in [2.45, 2.75) is 63.5 Å². The maximum Gasteiger partial charge on any atom is 0.416 e. The highest BCUT2D eigenvalue weighted by Crippen LogP contribution is 2.44. The summed E-state index contributed by atoms with van der Waals surface area (Å²) in [5, 5.41) is 8.41. The highest BCUT2D eigenvalue weighted by atomic mass is 19.4. The van der Waals surface area contributed by atoms with Crippen molar-refractivity contribution in [2.75, 3.05) is 0 Å². The molecular formula is C24H27F4N. The Balaban J connectivity index is 1.45. The maximum absolute atomic E-state index is 12.8. The zero-order chi connectivity index (χ0) is 20.9. The van der Waals surface area contributed by atoms with Gasteiger partial charge < -0.3 is 0 Å². The monoisotopic (exact) mass is 405 g/mol.